The van der Waals surface area contributed by atoms with Crippen LogP contribution in [0.4, 0.5) is 0 Å². The van der Waals surface area contributed by atoms with E-state index in [4.69, 9.17) is 11.6 Å². The molecule has 0 aliphatic heterocycles. The molecule has 0 spiro atoms. The average molecular weight is 337 g/mol. The molecular weight excluding hydrogens is 331 g/mol. The Balaban J connectivity index is 2.29. The highest BCUT2D eigenvalue weighted by molar-refractivity contribution is 14.1. The van der Waals surface area contributed by atoms with Gasteiger partial charge < -0.3 is 0 Å². The van der Waals surface area contributed by atoms with E-state index in [0.29, 0.717) is 5.15 Å². The summed E-state index contributed by atoms with van der Waals surface area (Å²) >= 11 is 9.94. The van der Waals surface area contributed by atoms with Crippen LogP contribution in [0.3, 0.4) is 0 Å². The van der Waals surface area contributed by atoms with Crippen LogP contribution in [0.15, 0.2) is 6.20 Å². The van der Waals surface area contributed by atoms with Crippen molar-refractivity contribution in [2.45, 2.75) is 18.8 Å². The monoisotopic (exact) mass is 336 g/mol. The summed E-state index contributed by atoms with van der Waals surface area (Å²) in [5.74, 6) is 0.765. The molecule has 1 aliphatic carbocycles. The molecule has 1 fully saturated rings. The minimum Gasteiger partial charge on any atom is -0.240 e. The van der Waals surface area contributed by atoms with E-state index < -0.39 is 0 Å². The molecule has 0 N–H and O–H groups in total. The molecule has 0 unspecified atom stereocenters. The molecule has 72 valence electrons. The highest BCUT2D eigenvalue weighted by Gasteiger charge is 2.29. The van der Waals surface area contributed by atoms with E-state index in [2.05, 4.69) is 32.6 Å². The Morgan fingerprint density at radius 3 is 3.00 bits per heavy atom. The maximum atomic E-state index is 5.82. The Bertz CT molecular complexity index is 507. The third-order valence-corrected chi connectivity index (χ3v) is 5.18. The van der Waals surface area contributed by atoms with Crippen LogP contribution in [0.5, 0.6) is 0 Å². The first-order chi connectivity index (χ1) is 6.75. The molecule has 5 heteroatoms. The molecule has 1 saturated carbocycles. The summed E-state index contributed by atoms with van der Waals surface area (Å²) in [6, 6.07) is 0. The zero-order valence-electron chi connectivity index (χ0n) is 7.13. The second-order valence-electron chi connectivity index (χ2n) is 3.40. The molecule has 14 heavy (non-hydrogen) atoms. The third kappa shape index (κ3) is 1.44. The van der Waals surface area contributed by atoms with Crippen molar-refractivity contribution in [3.05, 3.63) is 19.8 Å². The third-order valence-electron chi connectivity index (χ3n) is 2.29. The van der Waals surface area contributed by atoms with E-state index >= 15 is 0 Å². The van der Waals surface area contributed by atoms with E-state index in [0.717, 1.165) is 16.3 Å². The number of fused-ring (bicyclic) bond motifs is 1. The van der Waals surface area contributed by atoms with Gasteiger partial charge in [-0.2, -0.15) is 0 Å². The topological polar surface area (TPSA) is 25.8 Å². The Labute approximate surface area is 104 Å². The van der Waals surface area contributed by atoms with Gasteiger partial charge in [-0.15, -0.1) is 11.3 Å². The van der Waals surface area contributed by atoms with Crippen LogP contribution in [-0.2, 0) is 0 Å². The number of aromatic nitrogens is 2. The van der Waals surface area contributed by atoms with Crippen molar-refractivity contribution in [2.24, 2.45) is 0 Å². The second-order valence-corrected chi connectivity index (χ2v) is 5.90. The number of hydrogen-bond acceptors (Lipinski definition) is 3. The van der Waals surface area contributed by atoms with Crippen LogP contribution >= 0.6 is 45.5 Å². The first kappa shape index (κ1) is 9.30. The quantitative estimate of drug-likeness (QED) is 0.740. The number of nitrogens with zero attached hydrogens (tertiary/aromatic N) is 2. The van der Waals surface area contributed by atoms with Crippen LogP contribution in [0.1, 0.15) is 23.6 Å². The van der Waals surface area contributed by atoms with E-state index in [-0.39, 0.29) is 0 Å². The van der Waals surface area contributed by atoms with Gasteiger partial charge in [0.2, 0.25) is 0 Å². The normalized spacial score (nSPS) is 16.4. The molecule has 0 atom stereocenters. The Morgan fingerprint density at radius 2 is 2.29 bits per heavy atom. The van der Waals surface area contributed by atoms with Gasteiger partial charge in [0, 0.05) is 4.88 Å². The zero-order valence-corrected chi connectivity index (χ0v) is 10.9. The Hall–Kier alpha value is 0.0600. The fourth-order valence-corrected chi connectivity index (χ4v) is 4.06. The Kier molecular flexibility index (Phi) is 2.18. The van der Waals surface area contributed by atoms with Crippen molar-refractivity contribution in [3.63, 3.8) is 0 Å². The predicted molar refractivity (Wildman–Crippen MR) is 67.1 cm³/mol. The van der Waals surface area contributed by atoms with Crippen molar-refractivity contribution in [3.8, 4) is 0 Å². The smallest absolute Gasteiger partial charge is 0.148 e. The summed E-state index contributed by atoms with van der Waals surface area (Å²) in [6.07, 6.45) is 4.25. The molecule has 3 rings (SSSR count). The molecule has 2 nitrogen and oxygen atoms in total. The Morgan fingerprint density at radius 1 is 1.50 bits per heavy atom. The minimum absolute atomic E-state index is 0.482. The van der Waals surface area contributed by atoms with Gasteiger partial charge in [0.15, 0.2) is 0 Å². The van der Waals surface area contributed by atoms with Crippen LogP contribution in [0, 0.1) is 3.57 Å². The summed E-state index contributed by atoms with van der Waals surface area (Å²) in [6.45, 7) is 0. The molecule has 2 aromatic heterocycles. The number of rotatable bonds is 1. The molecule has 0 amide bonds. The van der Waals surface area contributed by atoms with Crippen LogP contribution in [0.2, 0.25) is 5.15 Å². The number of thiophene rings is 1. The fourth-order valence-electron chi connectivity index (χ4n) is 1.45. The largest absolute Gasteiger partial charge is 0.240 e. The van der Waals surface area contributed by atoms with Gasteiger partial charge in [0.25, 0.3) is 0 Å². The summed E-state index contributed by atoms with van der Waals surface area (Å²) in [5, 5.41) is 0.482. The van der Waals surface area contributed by atoms with Gasteiger partial charge in [0.1, 0.15) is 15.5 Å². The lowest BCUT2D eigenvalue weighted by molar-refractivity contribution is 1.17. The van der Waals surface area contributed by atoms with Gasteiger partial charge >= 0.3 is 0 Å². The molecule has 2 aromatic rings. The van der Waals surface area contributed by atoms with Gasteiger partial charge in [0.05, 0.1) is 9.77 Å². The molecule has 0 saturated heterocycles. The average Bonchev–Trinajstić information content (AvgIpc) is 2.95. The standard InChI is InChI=1S/C9H6ClIN2S/c10-5-3-12-9-7(13-5)6(11)8(14-9)4-1-2-4/h3-4H,1-2H2. The lowest BCUT2D eigenvalue weighted by atomic mass is 10.3. The first-order valence-electron chi connectivity index (χ1n) is 4.36. The van der Waals surface area contributed by atoms with Crippen molar-refractivity contribution in [1.29, 1.82) is 0 Å². The van der Waals surface area contributed by atoms with Crippen LogP contribution < -0.4 is 0 Å². The molecule has 2 heterocycles. The lowest BCUT2D eigenvalue weighted by Gasteiger charge is -1.91. The van der Waals surface area contributed by atoms with Crippen molar-refractivity contribution in [1.82, 2.24) is 9.97 Å². The highest BCUT2D eigenvalue weighted by Crippen LogP contribution is 2.47. The van der Waals surface area contributed by atoms with Crippen LogP contribution in [0.25, 0.3) is 10.3 Å². The van der Waals surface area contributed by atoms with Crippen molar-refractivity contribution >= 4 is 55.9 Å². The minimum atomic E-state index is 0.482. The summed E-state index contributed by atoms with van der Waals surface area (Å²) in [5.41, 5.74) is 0.977. The fraction of sp³-hybridized carbons (Fsp3) is 0.333. The molecule has 0 bridgehead atoms. The molecule has 0 aromatic carbocycles. The second kappa shape index (κ2) is 3.28. The summed E-state index contributed by atoms with van der Waals surface area (Å²) in [7, 11) is 0. The number of hydrogen-bond donors (Lipinski definition) is 0. The van der Waals surface area contributed by atoms with Gasteiger partial charge in [-0.05, 0) is 41.4 Å². The molecule has 0 radical (unpaired) electrons. The summed E-state index contributed by atoms with van der Waals surface area (Å²) in [4.78, 5) is 11.1. The van der Waals surface area contributed by atoms with Gasteiger partial charge in [-0.3, -0.25) is 0 Å². The number of halogens is 2. The highest BCUT2D eigenvalue weighted by atomic mass is 127. The SMILES string of the molecule is Clc1cnc2sc(C3CC3)c(I)c2n1. The lowest BCUT2D eigenvalue weighted by Crippen LogP contribution is -1.81. The first-order valence-corrected chi connectivity index (χ1v) is 6.63. The predicted octanol–water partition coefficient (Wildman–Crippen LogP) is 3.83. The maximum Gasteiger partial charge on any atom is 0.148 e. The van der Waals surface area contributed by atoms with Crippen molar-refractivity contribution in [2.75, 3.05) is 0 Å². The van der Waals surface area contributed by atoms with Crippen molar-refractivity contribution < 1.29 is 0 Å². The van der Waals surface area contributed by atoms with Crippen LogP contribution in [-0.4, -0.2) is 9.97 Å². The van der Waals surface area contributed by atoms with E-state index in [1.807, 2.05) is 0 Å². The van der Waals surface area contributed by atoms with Gasteiger partial charge in [-0.25, -0.2) is 9.97 Å². The zero-order chi connectivity index (χ0) is 9.71. The van der Waals surface area contributed by atoms with E-state index in [1.165, 1.54) is 21.3 Å². The molecular formula is C9H6ClIN2S. The molecule has 1 aliphatic rings. The summed E-state index contributed by atoms with van der Waals surface area (Å²) < 4.78 is 1.25. The maximum absolute atomic E-state index is 5.82. The van der Waals surface area contributed by atoms with Gasteiger partial charge in [-0.1, -0.05) is 11.6 Å². The van der Waals surface area contributed by atoms with E-state index in [1.54, 1.807) is 17.5 Å². The van der Waals surface area contributed by atoms with E-state index in [9.17, 15) is 0 Å².